The van der Waals surface area contributed by atoms with Crippen LogP contribution in [-0.4, -0.2) is 19.2 Å². The quantitative estimate of drug-likeness (QED) is 0.669. The van der Waals surface area contributed by atoms with Crippen molar-refractivity contribution < 1.29 is 4.74 Å². The molecule has 1 rings (SSSR count). The normalized spacial score (nSPS) is 12.4. The number of hydrogen-bond acceptors (Lipinski definition) is 2. The SMILES string of the molecule is CCCNC(C)CCCCOc1ccc(C)cc1. The van der Waals surface area contributed by atoms with Crippen LogP contribution in [0.1, 0.15) is 45.1 Å². The minimum absolute atomic E-state index is 0.629. The number of nitrogens with one attached hydrogen (secondary N) is 1. The molecule has 0 heterocycles. The fourth-order valence-electron chi connectivity index (χ4n) is 1.87. The van der Waals surface area contributed by atoms with Crippen molar-refractivity contribution in [2.45, 2.75) is 52.5 Å². The van der Waals surface area contributed by atoms with Gasteiger partial charge in [0.1, 0.15) is 5.75 Å². The lowest BCUT2D eigenvalue weighted by Crippen LogP contribution is -2.26. The number of aryl methyl sites for hydroxylation is 1. The fraction of sp³-hybridized carbons (Fsp3) is 0.625. The van der Waals surface area contributed by atoms with Crippen molar-refractivity contribution in [2.75, 3.05) is 13.2 Å². The van der Waals surface area contributed by atoms with Crippen molar-refractivity contribution in [3.8, 4) is 5.75 Å². The smallest absolute Gasteiger partial charge is 0.119 e. The van der Waals surface area contributed by atoms with E-state index in [-0.39, 0.29) is 0 Å². The summed E-state index contributed by atoms with van der Waals surface area (Å²) in [6.45, 7) is 8.50. The highest BCUT2D eigenvalue weighted by Crippen LogP contribution is 2.12. The van der Waals surface area contributed by atoms with Crippen LogP contribution < -0.4 is 10.1 Å². The molecule has 102 valence electrons. The van der Waals surface area contributed by atoms with Crippen molar-refractivity contribution in [3.05, 3.63) is 29.8 Å². The lowest BCUT2D eigenvalue weighted by molar-refractivity contribution is 0.301. The molecule has 0 fully saturated rings. The summed E-state index contributed by atoms with van der Waals surface area (Å²) in [7, 11) is 0. The van der Waals surface area contributed by atoms with Crippen LogP contribution in [0.4, 0.5) is 0 Å². The van der Waals surface area contributed by atoms with E-state index in [0.717, 1.165) is 25.3 Å². The van der Waals surface area contributed by atoms with Crippen molar-refractivity contribution >= 4 is 0 Å². The van der Waals surface area contributed by atoms with Gasteiger partial charge in [0, 0.05) is 6.04 Å². The number of unbranched alkanes of at least 4 members (excludes halogenated alkanes) is 1. The molecular formula is C16H27NO. The molecule has 0 aromatic heterocycles. The highest BCUT2D eigenvalue weighted by molar-refractivity contribution is 5.26. The number of rotatable bonds is 9. The first-order chi connectivity index (χ1) is 8.72. The van der Waals surface area contributed by atoms with Crippen molar-refractivity contribution in [1.29, 1.82) is 0 Å². The predicted molar refractivity (Wildman–Crippen MR) is 78.3 cm³/mol. The van der Waals surface area contributed by atoms with Gasteiger partial charge in [0.15, 0.2) is 0 Å². The third-order valence-corrected chi connectivity index (χ3v) is 3.06. The van der Waals surface area contributed by atoms with E-state index in [1.807, 2.05) is 12.1 Å². The molecule has 2 nitrogen and oxygen atoms in total. The summed E-state index contributed by atoms with van der Waals surface area (Å²) < 4.78 is 5.70. The molecule has 0 aliphatic heterocycles. The zero-order chi connectivity index (χ0) is 13.2. The third kappa shape index (κ3) is 6.65. The van der Waals surface area contributed by atoms with Gasteiger partial charge in [0.05, 0.1) is 6.61 Å². The van der Waals surface area contributed by atoms with E-state index in [2.05, 4.69) is 38.2 Å². The van der Waals surface area contributed by atoms with E-state index in [1.165, 1.54) is 24.8 Å². The molecular weight excluding hydrogens is 222 g/mol. The monoisotopic (exact) mass is 249 g/mol. The maximum Gasteiger partial charge on any atom is 0.119 e. The number of hydrogen-bond donors (Lipinski definition) is 1. The average molecular weight is 249 g/mol. The van der Waals surface area contributed by atoms with Gasteiger partial charge in [-0.2, -0.15) is 0 Å². The second-order valence-electron chi connectivity index (χ2n) is 5.01. The van der Waals surface area contributed by atoms with Crippen LogP contribution in [0.3, 0.4) is 0 Å². The Hall–Kier alpha value is -1.02. The molecule has 1 N–H and O–H groups in total. The highest BCUT2D eigenvalue weighted by Gasteiger charge is 2.00. The Labute approximate surface area is 112 Å². The van der Waals surface area contributed by atoms with Crippen LogP contribution in [0.5, 0.6) is 5.75 Å². The Morgan fingerprint density at radius 3 is 2.56 bits per heavy atom. The molecule has 0 amide bonds. The number of benzene rings is 1. The molecule has 0 saturated carbocycles. The Kier molecular flexibility index (Phi) is 7.51. The van der Waals surface area contributed by atoms with Crippen molar-refractivity contribution in [1.82, 2.24) is 5.32 Å². The van der Waals surface area contributed by atoms with Crippen LogP contribution in [-0.2, 0) is 0 Å². The summed E-state index contributed by atoms with van der Waals surface area (Å²) in [5.74, 6) is 0.984. The van der Waals surface area contributed by atoms with E-state index in [1.54, 1.807) is 0 Å². The highest BCUT2D eigenvalue weighted by atomic mass is 16.5. The molecule has 0 aliphatic carbocycles. The zero-order valence-corrected chi connectivity index (χ0v) is 12.0. The maximum absolute atomic E-state index is 5.70. The summed E-state index contributed by atoms with van der Waals surface area (Å²) in [5, 5.41) is 3.51. The largest absolute Gasteiger partial charge is 0.494 e. The molecule has 1 unspecified atom stereocenters. The van der Waals surface area contributed by atoms with Crippen LogP contribution >= 0.6 is 0 Å². The van der Waals surface area contributed by atoms with Crippen LogP contribution in [0.15, 0.2) is 24.3 Å². The molecule has 1 aromatic rings. The Morgan fingerprint density at radius 2 is 1.89 bits per heavy atom. The summed E-state index contributed by atoms with van der Waals surface area (Å²) >= 11 is 0. The van der Waals surface area contributed by atoms with Gasteiger partial charge in [0.2, 0.25) is 0 Å². The molecule has 0 saturated heterocycles. The van der Waals surface area contributed by atoms with E-state index >= 15 is 0 Å². The van der Waals surface area contributed by atoms with Crippen LogP contribution in [0.25, 0.3) is 0 Å². The van der Waals surface area contributed by atoms with Gasteiger partial charge in [-0.05, 0) is 58.2 Å². The molecule has 0 spiro atoms. The summed E-state index contributed by atoms with van der Waals surface area (Å²) in [6, 6.07) is 8.89. The fourth-order valence-corrected chi connectivity index (χ4v) is 1.87. The molecule has 0 radical (unpaired) electrons. The second kappa shape index (κ2) is 8.98. The zero-order valence-electron chi connectivity index (χ0n) is 12.0. The van der Waals surface area contributed by atoms with Crippen molar-refractivity contribution in [3.63, 3.8) is 0 Å². The molecule has 0 aliphatic rings. The van der Waals surface area contributed by atoms with Gasteiger partial charge in [0.25, 0.3) is 0 Å². The third-order valence-electron chi connectivity index (χ3n) is 3.06. The Bertz CT molecular complexity index is 307. The Morgan fingerprint density at radius 1 is 1.17 bits per heavy atom. The first-order valence-corrected chi connectivity index (χ1v) is 7.15. The maximum atomic E-state index is 5.70. The lowest BCUT2D eigenvalue weighted by atomic mass is 10.1. The molecule has 1 atom stereocenters. The van der Waals surface area contributed by atoms with Gasteiger partial charge in [-0.3, -0.25) is 0 Å². The molecule has 1 aromatic carbocycles. The van der Waals surface area contributed by atoms with Gasteiger partial charge in [-0.15, -0.1) is 0 Å². The second-order valence-corrected chi connectivity index (χ2v) is 5.01. The van der Waals surface area contributed by atoms with Crippen molar-refractivity contribution in [2.24, 2.45) is 0 Å². The van der Waals surface area contributed by atoms with E-state index < -0.39 is 0 Å². The summed E-state index contributed by atoms with van der Waals surface area (Å²) in [4.78, 5) is 0. The topological polar surface area (TPSA) is 21.3 Å². The standard InChI is InChI=1S/C16H27NO/c1-4-12-17-15(3)7-5-6-13-18-16-10-8-14(2)9-11-16/h8-11,15,17H,4-7,12-13H2,1-3H3. The molecule has 18 heavy (non-hydrogen) atoms. The van der Waals surface area contributed by atoms with Gasteiger partial charge in [-0.25, -0.2) is 0 Å². The van der Waals surface area contributed by atoms with E-state index in [4.69, 9.17) is 4.74 Å². The van der Waals surface area contributed by atoms with Crippen LogP contribution in [0, 0.1) is 6.92 Å². The average Bonchev–Trinajstić information content (AvgIpc) is 2.38. The minimum atomic E-state index is 0.629. The lowest BCUT2D eigenvalue weighted by Gasteiger charge is -2.13. The first kappa shape index (κ1) is 15.0. The van der Waals surface area contributed by atoms with Crippen LogP contribution in [0.2, 0.25) is 0 Å². The first-order valence-electron chi connectivity index (χ1n) is 7.15. The Balaban J connectivity index is 2.03. The number of ether oxygens (including phenoxy) is 1. The van der Waals surface area contributed by atoms with Gasteiger partial charge >= 0.3 is 0 Å². The summed E-state index contributed by atoms with van der Waals surface area (Å²) in [6.07, 6.45) is 4.80. The van der Waals surface area contributed by atoms with E-state index in [9.17, 15) is 0 Å². The van der Waals surface area contributed by atoms with E-state index in [0.29, 0.717) is 6.04 Å². The molecule has 2 heteroatoms. The summed E-state index contributed by atoms with van der Waals surface area (Å²) in [5.41, 5.74) is 1.28. The van der Waals surface area contributed by atoms with Gasteiger partial charge in [-0.1, -0.05) is 24.6 Å². The molecule has 0 bridgehead atoms. The predicted octanol–water partition coefficient (Wildman–Crippen LogP) is 3.93. The van der Waals surface area contributed by atoms with Gasteiger partial charge < -0.3 is 10.1 Å². The minimum Gasteiger partial charge on any atom is -0.494 e.